The third-order valence-corrected chi connectivity index (χ3v) is 3.73. The van der Waals surface area contributed by atoms with Crippen molar-refractivity contribution in [2.24, 2.45) is 11.8 Å². The van der Waals surface area contributed by atoms with E-state index in [9.17, 15) is 4.79 Å². The molecule has 2 rings (SSSR count). The maximum absolute atomic E-state index is 11.7. The number of rotatable bonds is 3. The molecule has 0 aromatic carbocycles. The minimum atomic E-state index is -0.243. The highest BCUT2D eigenvalue weighted by Crippen LogP contribution is 2.50. The number of methoxy groups -OCH3 is 1. The number of carbonyl (C=O) groups excluding carboxylic acids is 1. The molecule has 0 amide bonds. The first-order valence-electron chi connectivity index (χ1n) is 5.39. The molecule has 3 heteroatoms. The van der Waals surface area contributed by atoms with Crippen LogP contribution in [0.15, 0.2) is 34.3 Å². The van der Waals surface area contributed by atoms with Gasteiger partial charge in [-0.1, -0.05) is 17.7 Å². The summed E-state index contributed by atoms with van der Waals surface area (Å²) in [6.45, 7) is 2.13. The lowest BCUT2D eigenvalue weighted by molar-refractivity contribution is -0.135. The summed E-state index contributed by atoms with van der Waals surface area (Å²) in [5, 5.41) is 1.87. The van der Waals surface area contributed by atoms with Crippen molar-refractivity contribution < 1.29 is 9.53 Å². The lowest BCUT2D eigenvalue weighted by Gasteiger charge is -2.14. The van der Waals surface area contributed by atoms with Gasteiger partial charge in [0.2, 0.25) is 0 Å². The van der Waals surface area contributed by atoms with Crippen LogP contribution in [0.1, 0.15) is 13.3 Å². The van der Waals surface area contributed by atoms with Gasteiger partial charge in [-0.25, -0.2) is 4.79 Å². The molecule has 2 nitrogen and oxygen atoms in total. The topological polar surface area (TPSA) is 26.3 Å². The van der Waals surface area contributed by atoms with Crippen molar-refractivity contribution in [1.82, 2.24) is 0 Å². The fraction of sp³-hybridized carbons (Fsp3) is 0.462. The first-order chi connectivity index (χ1) is 7.69. The van der Waals surface area contributed by atoms with Gasteiger partial charge in [-0.3, -0.25) is 0 Å². The summed E-state index contributed by atoms with van der Waals surface area (Å²) in [6, 6.07) is 0. The molecule has 2 aliphatic rings. The zero-order valence-electron chi connectivity index (χ0n) is 9.82. The maximum atomic E-state index is 11.7. The lowest BCUT2D eigenvalue weighted by Crippen LogP contribution is -2.09. The van der Waals surface area contributed by atoms with Crippen LogP contribution in [0.4, 0.5) is 0 Å². The molecule has 0 aromatic rings. The first kappa shape index (κ1) is 11.5. The average molecular weight is 236 g/mol. The largest absolute Gasteiger partial charge is 0.465 e. The van der Waals surface area contributed by atoms with E-state index < -0.39 is 0 Å². The molecular formula is C13H16O2S. The van der Waals surface area contributed by atoms with Crippen molar-refractivity contribution in [3.8, 4) is 0 Å². The molecule has 1 fully saturated rings. The van der Waals surface area contributed by atoms with E-state index in [2.05, 4.69) is 19.1 Å². The SMILES string of the molecule is COC(=O)/C(=C/SC)C1=C(C)C2CC2C=C1. The predicted molar refractivity (Wildman–Crippen MR) is 67.1 cm³/mol. The Kier molecular flexibility index (Phi) is 3.24. The van der Waals surface area contributed by atoms with Crippen LogP contribution in [0.3, 0.4) is 0 Å². The molecule has 16 heavy (non-hydrogen) atoms. The van der Waals surface area contributed by atoms with Crippen molar-refractivity contribution in [1.29, 1.82) is 0 Å². The molecule has 0 bridgehead atoms. The molecule has 86 valence electrons. The Morgan fingerprint density at radius 2 is 2.38 bits per heavy atom. The predicted octanol–water partition coefficient (Wildman–Crippen LogP) is 2.93. The molecule has 0 N–H and O–H groups in total. The summed E-state index contributed by atoms with van der Waals surface area (Å²) in [6.07, 6.45) is 7.47. The van der Waals surface area contributed by atoms with E-state index in [1.807, 2.05) is 11.7 Å². The van der Waals surface area contributed by atoms with Crippen LogP contribution in [0.25, 0.3) is 0 Å². The van der Waals surface area contributed by atoms with Crippen molar-refractivity contribution in [2.75, 3.05) is 13.4 Å². The zero-order chi connectivity index (χ0) is 11.7. The van der Waals surface area contributed by atoms with Crippen molar-refractivity contribution in [3.63, 3.8) is 0 Å². The third-order valence-electron chi connectivity index (χ3n) is 3.26. The molecule has 0 aromatic heterocycles. The highest BCUT2D eigenvalue weighted by molar-refractivity contribution is 8.01. The van der Waals surface area contributed by atoms with Crippen molar-refractivity contribution >= 4 is 17.7 Å². The molecule has 0 aliphatic heterocycles. The van der Waals surface area contributed by atoms with Gasteiger partial charge in [-0.2, -0.15) is 0 Å². The Morgan fingerprint density at radius 3 is 3.00 bits per heavy atom. The van der Waals surface area contributed by atoms with Gasteiger partial charge in [-0.15, -0.1) is 11.8 Å². The highest BCUT2D eigenvalue weighted by atomic mass is 32.2. The average Bonchev–Trinajstić information content (AvgIpc) is 3.06. The summed E-state index contributed by atoms with van der Waals surface area (Å²) < 4.78 is 4.83. The third kappa shape index (κ3) is 1.96. The number of fused-ring (bicyclic) bond motifs is 1. The number of ether oxygens (including phenoxy) is 1. The molecule has 0 saturated heterocycles. The number of esters is 1. The van der Waals surface area contributed by atoms with Crippen LogP contribution in [-0.4, -0.2) is 19.3 Å². The summed E-state index contributed by atoms with van der Waals surface area (Å²) in [4.78, 5) is 11.7. The van der Waals surface area contributed by atoms with E-state index >= 15 is 0 Å². The smallest absolute Gasteiger partial charge is 0.338 e. The monoisotopic (exact) mass is 236 g/mol. The molecule has 2 unspecified atom stereocenters. The quantitative estimate of drug-likeness (QED) is 0.556. The normalized spacial score (nSPS) is 27.8. The fourth-order valence-electron chi connectivity index (χ4n) is 2.23. The summed E-state index contributed by atoms with van der Waals surface area (Å²) >= 11 is 1.53. The van der Waals surface area contributed by atoms with Gasteiger partial charge in [0.15, 0.2) is 0 Å². The second-order valence-corrected chi connectivity index (χ2v) is 4.93. The molecule has 2 aliphatic carbocycles. The van der Waals surface area contributed by atoms with Gasteiger partial charge >= 0.3 is 5.97 Å². The van der Waals surface area contributed by atoms with Gasteiger partial charge in [-0.05, 0) is 42.4 Å². The Morgan fingerprint density at radius 1 is 1.62 bits per heavy atom. The van der Waals surface area contributed by atoms with E-state index in [4.69, 9.17) is 4.74 Å². The van der Waals surface area contributed by atoms with Crippen LogP contribution in [0.2, 0.25) is 0 Å². The van der Waals surface area contributed by atoms with Gasteiger partial charge < -0.3 is 4.74 Å². The van der Waals surface area contributed by atoms with E-state index in [1.165, 1.54) is 30.9 Å². The van der Waals surface area contributed by atoms with Gasteiger partial charge in [0, 0.05) is 0 Å². The number of allylic oxidation sites excluding steroid dienone is 3. The highest BCUT2D eigenvalue weighted by Gasteiger charge is 2.40. The van der Waals surface area contributed by atoms with Crippen LogP contribution < -0.4 is 0 Å². The fourth-order valence-corrected chi connectivity index (χ4v) is 2.69. The summed E-state index contributed by atoms with van der Waals surface area (Å²) in [7, 11) is 1.43. The molecule has 0 radical (unpaired) electrons. The molecular weight excluding hydrogens is 220 g/mol. The zero-order valence-corrected chi connectivity index (χ0v) is 10.6. The van der Waals surface area contributed by atoms with Crippen molar-refractivity contribution in [2.45, 2.75) is 13.3 Å². The Balaban J connectivity index is 2.34. The Bertz CT molecular complexity index is 404. The number of carbonyl (C=O) groups is 1. The molecule has 2 atom stereocenters. The summed E-state index contributed by atoms with van der Waals surface area (Å²) in [5.41, 5.74) is 3.08. The summed E-state index contributed by atoms with van der Waals surface area (Å²) in [5.74, 6) is 1.14. The van der Waals surface area contributed by atoms with E-state index in [1.54, 1.807) is 0 Å². The van der Waals surface area contributed by atoms with Crippen molar-refractivity contribution in [3.05, 3.63) is 34.3 Å². The van der Waals surface area contributed by atoms with Crippen LogP contribution in [-0.2, 0) is 9.53 Å². The van der Waals surface area contributed by atoms with Gasteiger partial charge in [0.05, 0.1) is 12.7 Å². The van der Waals surface area contributed by atoms with Crippen LogP contribution in [0, 0.1) is 11.8 Å². The van der Waals surface area contributed by atoms with E-state index in [0.29, 0.717) is 11.5 Å². The number of thioether (sulfide) groups is 1. The van der Waals surface area contributed by atoms with E-state index in [-0.39, 0.29) is 5.97 Å². The van der Waals surface area contributed by atoms with Crippen LogP contribution >= 0.6 is 11.8 Å². The molecule has 0 heterocycles. The van der Waals surface area contributed by atoms with Gasteiger partial charge in [0.1, 0.15) is 0 Å². The Labute approximate surface area is 100 Å². The molecule has 1 saturated carbocycles. The Hall–Kier alpha value is -0.960. The minimum Gasteiger partial charge on any atom is -0.465 e. The number of hydrogen-bond donors (Lipinski definition) is 0. The lowest BCUT2D eigenvalue weighted by atomic mass is 9.94. The van der Waals surface area contributed by atoms with Crippen LogP contribution in [0.5, 0.6) is 0 Å². The maximum Gasteiger partial charge on any atom is 0.338 e. The molecule has 0 spiro atoms. The second-order valence-electron chi connectivity index (χ2n) is 4.22. The standard InChI is InChI=1S/C13H16O2S/c1-8-10(5-4-9-6-11(8)9)12(7-16-3)13(14)15-2/h4-5,7,9,11H,6H2,1-3H3/b12-7+. The van der Waals surface area contributed by atoms with Gasteiger partial charge in [0.25, 0.3) is 0 Å². The number of hydrogen-bond acceptors (Lipinski definition) is 3. The second kappa shape index (κ2) is 4.50. The first-order valence-corrected chi connectivity index (χ1v) is 6.68. The van der Waals surface area contributed by atoms with E-state index in [0.717, 1.165) is 11.5 Å². The minimum absolute atomic E-state index is 0.243.